The number of piperidine rings is 1. The summed E-state index contributed by atoms with van der Waals surface area (Å²) in [7, 11) is 0. The van der Waals surface area contributed by atoms with Gasteiger partial charge in [0.05, 0.1) is 15.3 Å². The third-order valence-corrected chi connectivity index (χ3v) is 4.27. The molecule has 0 spiro atoms. The van der Waals surface area contributed by atoms with Crippen molar-refractivity contribution in [3.05, 3.63) is 21.3 Å². The zero-order valence-corrected chi connectivity index (χ0v) is 12.4. The van der Waals surface area contributed by atoms with E-state index in [2.05, 4.69) is 10.6 Å². The van der Waals surface area contributed by atoms with E-state index >= 15 is 0 Å². The Morgan fingerprint density at radius 2 is 2.26 bits per heavy atom. The first kappa shape index (κ1) is 14.8. The minimum absolute atomic E-state index is 0.0567. The zero-order valence-electron chi connectivity index (χ0n) is 10.8. The number of ether oxygens (including phenoxy) is 1. The smallest absolute Gasteiger partial charge is 0.261 e. The number of amides is 1. The second-order valence-electron chi connectivity index (χ2n) is 4.53. The predicted octanol–water partition coefficient (Wildman–Crippen LogP) is 2.29. The number of thiophene rings is 1. The summed E-state index contributed by atoms with van der Waals surface area (Å²) in [5, 5.41) is 6.18. The molecule has 1 aliphatic rings. The van der Waals surface area contributed by atoms with Crippen LogP contribution >= 0.6 is 22.9 Å². The molecule has 0 atom stereocenters. The van der Waals surface area contributed by atoms with Gasteiger partial charge in [-0.05, 0) is 44.5 Å². The molecule has 1 aromatic rings. The van der Waals surface area contributed by atoms with E-state index in [0.717, 1.165) is 32.4 Å². The predicted molar refractivity (Wildman–Crippen MR) is 78.1 cm³/mol. The molecule has 2 rings (SSSR count). The molecular weight excluding hydrogens is 284 g/mol. The zero-order chi connectivity index (χ0) is 13.5. The summed E-state index contributed by atoms with van der Waals surface area (Å²) in [5.74, 6) is -0.0567. The molecule has 0 radical (unpaired) electrons. The monoisotopic (exact) mass is 302 g/mol. The third-order valence-electron chi connectivity index (χ3n) is 3.04. The van der Waals surface area contributed by atoms with E-state index in [-0.39, 0.29) is 5.91 Å². The second-order valence-corrected chi connectivity index (χ2v) is 6.25. The topological polar surface area (TPSA) is 50.4 Å². The van der Waals surface area contributed by atoms with Crippen LogP contribution < -0.4 is 10.6 Å². The Hall–Kier alpha value is -0.620. The summed E-state index contributed by atoms with van der Waals surface area (Å²) in [6, 6.07) is 3.48. The van der Waals surface area contributed by atoms with E-state index < -0.39 is 0 Å². The molecule has 0 aliphatic carbocycles. The number of hydrogen-bond donors (Lipinski definition) is 2. The molecule has 2 N–H and O–H groups in total. The summed E-state index contributed by atoms with van der Waals surface area (Å²) < 4.78 is 6.40. The van der Waals surface area contributed by atoms with Gasteiger partial charge in [0.2, 0.25) is 0 Å². The molecule has 1 saturated heterocycles. The number of rotatable bonds is 6. The fourth-order valence-electron chi connectivity index (χ4n) is 2.01. The molecule has 0 unspecified atom stereocenters. The van der Waals surface area contributed by atoms with Gasteiger partial charge in [0.15, 0.2) is 0 Å². The average Bonchev–Trinajstić information content (AvgIpc) is 2.86. The molecule has 6 heteroatoms. The van der Waals surface area contributed by atoms with E-state index in [0.29, 0.717) is 28.5 Å². The Bertz CT molecular complexity index is 405. The largest absolute Gasteiger partial charge is 0.378 e. The van der Waals surface area contributed by atoms with Crippen LogP contribution in [-0.4, -0.2) is 38.3 Å². The van der Waals surface area contributed by atoms with Crippen molar-refractivity contribution in [3.8, 4) is 0 Å². The van der Waals surface area contributed by atoms with Crippen molar-refractivity contribution < 1.29 is 9.53 Å². The standard InChI is InChI=1S/C13H19ClN2O2S/c14-12-3-2-11(19-12)13(17)16-6-1-9-18-10-4-7-15-8-5-10/h2-3,10,15H,1,4-9H2,(H,16,17). The van der Waals surface area contributed by atoms with Crippen LogP contribution in [0.5, 0.6) is 0 Å². The van der Waals surface area contributed by atoms with Gasteiger partial charge in [-0.3, -0.25) is 4.79 Å². The maximum Gasteiger partial charge on any atom is 0.261 e. The summed E-state index contributed by atoms with van der Waals surface area (Å²) in [6.45, 7) is 3.43. The fourth-order valence-corrected chi connectivity index (χ4v) is 2.97. The lowest BCUT2D eigenvalue weighted by Crippen LogP contribution is -2.33. The Morgan fingerprint density at radius 3 is 2.95 bits per heavy atom. The van der Waals surface area contributed by atoms with Gasteiger partial charge in [-0.25, -0.2) is 0 Å². The maximum atomic E-state index is 11.7. The molecule has 0 aromatic carbocycles. The Balaban J connectivity index is 1.55. The average molecular weight is 303 g/mol. The van der Waals surface area contributed by atoms with Crippen LogP contribution in [-0.2, 0) is 4.74 Å². The number of carbonyl (C=O) groups is 1. The van der Waals surface area contributed by atoms with E-state index in [4.69, 9.17) is 16.3 Å². The first-order valence-electron chi connectivity index (χ1n) is 6.61. The lowest BCUT2D eigenvalue weighted by atomic mass is 10.1. The number of nitrogens with one attached hydrogen (secondary N) is 2. The van der Waals surface area contributed by atoms with Crippen LogP contribution in [0.4, 0.5) is 0 Å². The Morgan fingerprint density at radius 1 is 1.47 bits per heavy atom. The van der Waals surface area contributed by atoms with E-state index in [1.165, 1.54) is 11.3 Å². The fraction of sp³-hybridized carbons (Fsp3) is 0.615. The molecular formula is C13H19ClN2O2S. The molecule has 1 amide bonds. The van der Waals surface area contributed by atoms with Gasteiger partial charge < -0.3 is 15.4 Å². The summed E-state index contributed by atoms with van der Waals surface area (Å²) >= 11 is 7.09. The highest BCUT2D eigenvalue weighted by Crippen LogP contribution is 2.20. The Labute approximate surface area is 122 Å². The van der Waals surface area contributed by atoms with Crippen LogP contribution in [0, 0.1) is 0 Å². The SMILES string of the molecule is O=C(NCCCOC1CCNCC1)c1ccc(Cl)s1. The first-order chi connectivity index (χ1) is 9.25. The number of halogens is 1. The van der Waals surface area contributed by atoms with Crippen molar-refractivity contribution in [2.75, 3.05) is 26.2 Å². The summed E-state index contributed by atoms with van der Waals surface area (Å²) in [5.41, 5.74) is 0. The van der Waals surface area contributed by atoms with Gasteiger partial charge in [0.25, 0.3) is 5.91 Å². The van der Waals surface area contributed by atoms with Gasteiger partial charge >= 0.3 is 0 Å². The molecule has 19 heavy (non-hydrogen) atoms. The van der Waals surface area contributed by atoms with E-state index in [1.807, 2.05) is 0 Å². The number of hydrogen-bond acceptors (Lipinski definition) is 4. The van der Waals surface area contributed by atoms with Gasteiger partial charge in [0, 0.05) is 13.2 Å². The molecule has 0 bridgehead atoms. The Kier molecular flexibility index (Phi) is 6.10. The van der Waals surface area contributed by atoms with Crippen molar-refractivity contribution in [2.45, 2.75) is 25.4 Å². The van der Waals surface area contributed by atoms with Gasteiger partial charge in [-0.15, -0.1) is 11.3 Å². The van der Waals surface area contributed by atoms with E-state index in [1.54, 1.807) is 12.1 Å². The molecule has 2 heterocycles. The highest BCUT2D eigenvalue weighted by molar-refractivity contribution is 7.17. The number of carbonyl (C=O) groups excluding carboxylic acids is 1. The minimum atomic E-state index is -0.0567. The van der Waals surface area contributed by atoms with Crippen LogP contribution in [0.1, 0.15) is 28.9 Å². The highest BCUT2D eigenvalue weighted by Gasteiger charge is 2.12. The van der Waals surface area contributed by atoms with Crippen molar-refractivity contribution in [2.24, 2.45) is 0 Å². The van der Waals surface area contributed by atoms with Gasteiger partial charge in [-0.1, -0.05) is 11.6 Å². The van der Waals surface area contributed by atoms with Crippen LogP contribution in [0.15, 0.2) is 12.1 Å². The first-order valence-corrected chi connectivity index (χ1v) is 7.81. The molecule has 1 aromatic heterocycles. The third kappa shape index (κ3) is 5.10. The lowest BCUT2D eigenvalue weighted by Gasteiger charge is -2.22. The van der Waals surface area contributed by atoms with Crippen LogP contribution in [0.2, 0.25) is 4.34 Å². The van der Waals surface area contributed by atoms with Crippen molar-refractivity contribution in [3.63, 3.8) is 0 Å². The minimum Gasteiger partial charge on any atom is -0.378 e. The van der Waals surface area contributed by atoms with E-state index in [9.17, 15) is 4.79 Å². The van der Waals surface area contributed by atoms with Crippen LogP contribution in [0.25, 0.3) is 0 Å². The van der Waals surface area contributed by atoms with Gasteiger partial charge in [0.1, 0.15) is 0 Å². The van der Waals surface area contributed by atoms with Crippen LogP contribution in [0.3, 0.4) is 0 Å². The van der Waals surface area contributed by atoms with Crippen molar-refractivity contribution in [1.82, 2.24) is 10.6 Å². The molecule has 4 nitrogen and oxygen atoms in total. The molecule has 106 valence electrons. The molecule has 1 fully saturated rings. The van der Waals surface area contributed by atoms with Gasteiger partial charge in [-0.2, -0.15) is 0 Å². The lowest BCUT2D eigenvalue weighted by molar-refractivity contribution is 0.0318. The quantitative estimate of drug-likeness (QED) is 0.793. The second kappa shape index (κ2) is 7.85. The summed E-state index contributed by atoms with van der Waals surface area (Å²) in [4.78, 5) is 12.4. The molecule has 0 saturated carbocycles. The maximum absolute atomic E-state index is 11.7. The van der Waals surface area contributed by atoms with Crippen molar-refractivity contribution >= 4 is 28.8 Å². The van der Waals surface area contributed by atoms with Crippen molar-refractivity contribution in [1.29, 1.82) is 0 Å². The normalized spacial score (nSPS) is 16.5. The highest BCUT2D eigenvalue weighted by atomic mass is 35.5. The summed E-state index contributed by atoms with van der Waals surface area (Å²) in [6.07, 6.45) is 3.39. The molecule has 1 aliphatic heterocycles.